The highest BCUT2D eigenvalue weighted by Gasteiger charge is 2.14. The quantitative estimate of drug-likeness (QED) is 0.448. The van der Waals surface area contributed by atoms with E-state index in [0.29, 0.717) is 22.8 Å². The molecule has 11 nitrogen and oxygen atoms in total. The summed E-state index contributed by atoms with van der Waals surface area (Å²) in [5.74, 6) is -0.0123. The second-order valence-corrected chi connectivity index (χ2v) is 4.89. The molecular weight excluding hydrogens is 332 g/mol. The summed E-state index contributed by atoms with van der Waals surface area (Å²) in [5, 5.41) is 18.1. The standard InChI is InChI=1S/C14H16N6O5/c1-9(7-19-8-15-14(18-19)20(22)23)16-17-13(21)10-4-11(24-2)6-12(5-10)25-3/h4-6,8H,7H2,1-3H3,(H,17,21). The average Bonchev–Trinajstić information content (AvgIpc) is 3.07. The van der Waals surface area contributed by atoms with Crippen molar-refractivity contribution in [1.82, 2.24) is 20.2 Å². The number of carbonyl (C=O) groups excluding carboxylic acids is 1. The summed E-state index contributed by atoms with van der Waals surface area (Å²) in [6.45, 7) is 1.78. The Morgan fingerprint density at radius 3 is 2.48 bits per heavy atom. The van der Waals surface area contributed by atoms with Crippen molar-refractivity contribution < 1.29 is 19.2 Å². The van der Waals surface area contributed by atoms with E-state index in [1.807, 2.05) is 0 Å². The summed E-state index contributed by atoms with van der Waals surface area (Å²) in [6.07, 6.45) is 1.21. The first-order valence-corrected chi connectivity index (χ1v) is 7.03. The van der Waals surface area contributed by atoms with E-state index in [9.17, 15) is 14.9 Å². The highest BCUT2D eigenvalue weighted by atomic mass is 16.6. The number of aromatic nitrogens is 3. The summed E-state index contributed by atoms with van der Waals surface area (Å²) >= 11 is 0. The van der Waals surface area contributed by atoms with Gasteiger partial charge in [-0.2, -0.15) is 9.78 Å². The van der Waals surface area contributed by atoms with Crippen molar-refractivity contribution in [2.24, 2.45) is 5.10 Å². The van der Waals surface area contributed by atoms with Gasteiger partial charge < -0.3 is 19.6 Å². The molecule has 25 heavy (non-hydrogen) atoms. The van der Waals surface area contributed by atoms with Gasteiger partial charge in [-0.1, -0.05) is 4.98 Å². The molecule has 0 aliphatic rings. The summed E-state index contributed by atoms with van der Waals surface area (Å²) in [4.78, 5) is 25.6. The molecule has 0 aliphatic carbocycles. The minimum absolute atomic E-state index is 0.141. The molecule has 1 amide bonds. The van der Waals surface area contributed by atoms with Gasteiger partial charge in [0.1, 0.15) is 11.5 Å². The number of rotatable bonds is 7. The number of hydrazone groups is 1. The first kappa shape index (κ1) is 17.8. The Bertz CT molecular complexity index is 794. The zero-order chi connectivity index (χ0) is 18.4. The smallest absolute Gasteiger partial charge is 0.490 e. The number of carbonyl (C=O) groups is 1. The molecule has 0 unspecified atom stereocenters. The molecule has 0 saturated heterocycles. The summed E-state index contributed by atoms with van der Waals surface area (Å²) < 4.78 is 11.5. The van der Waals surface area contributed by atoms with Crippen LogP contribution in [-0.2, 0) is 6.54 Å². The second kappa shape index (κ2) is 7.86. The lowest BCUT2D eigenvalue weighted by atomic mass is 10.2. The minimum Gasteiger partial charge on any atom is -0.497 e. The van der Waals surface area contributed by atoms with Crippen molar-refractivity contribution in [1.29, 1.82) is 0 Å². The number of nitro groups is 1. The lowest BCUT2D eigenvalue weighted by Crippen LogP contribution is -2.20. The zero-order valence-electron chi connectivity index (χ0n) is 13.8. The van der Waals surface area contributed by atoms with Gasteiger partial charge in [0.25, 0.3) is 5.91 Å². The summed E-state index contributed by atoms with van der Waals surface area (Å²) in [5.41, 5.74) is 3.18. The van der Waals surface area contributed by atoms with Crippen LogP contribution in [0.3, 0.4) is 0 Å². The van der Waals surface area contributed by atoms with E-state index in [2.05, 4.69) is 20.6 Å². The molecular formula is C14H16N6O5. The summed E-state index contributed by atoms with van der Waals surface area (Å²) in [6, 6.07) is 4.73. The summed E-state index contributed by atoms with van der Waals surface area (Å²) in [7, 11) is 2.96. The van der Waals surface area contributed by atoms with Crippen molar-refractivity contribution in [2.45, 2.75) is 13.5 Å². The zero-order valence-corrected chi connectivity index (χ0v) is 13.8. The number of nitrogens with one attached hydrogen (secondary N) is 1. The third-order valence-corrected chi connectivity index (χ3v) is 3.04. The Balaban J connectivity index is 2.04. The monoisotopic (exact) mass is 348 g/mol. The van der Waals surface area contributed by atoms with Crippen LogP contribution in [0, 0.1) is 10.1 Å². The van der Waals surface area contributed by atoms with Gasteiger partial charge in [-0.3, -0.25) is 4.79 Å². The van der Waals surface area contributed by atoms with Crippen LogP contribution in [0.5, 0.6) is 11.5 Å². The van der Waals surface area contributed by atoms with E-state index in [1.54, 1.807) is 25.1 Å². The molecule has 1 aromatic heterocycles. The van der Waals surface area contributed by atoms with Gasteiger partial charge in [-0.05, 0) is 24.0 Å². The third-order valence-electron chi connectivity index (χ3n) is 3.04. The molecule has 1 heterocycles. The maximum Gasteiger partial charge on any atom is 0.490 e. The molecule has 0 bridgehead atoms. The van der Waals surface area contributed by atoms with Crippen LogP contribution in [-0.4, -0.2) is 45.5 Å². The molecule has 1 N–H and O–H groups in total. The molecule has 132 valence electrons. The lowest BCUT2D eigenvalue weighted by molar-refractivity contribution is -0.394. The van der Waals surface area contributed by atoms with Crippen molar-refractivity contribution in [3.8, 4) is 11.5 Å². The molecule has 2 rings (SSSR count). The fraction of sp³-hybridized carbons (Fsp3) is 0.286. The fourth-order valence-corrected chi connectivity index (χ4v) is 1.86. The maximum atomic E-state index is 12.2. The Kier molecular flexibility index (Phi) is 5.61. The van der Waals surface area contributed by atoms with E-state index in [1.165, 1.54) is 25.2 Å². The number of benzene rings is 1. The van der Waals surface area contributed by atoms with Crippen LogP contribution in [0.4, 0.5) is 5.95 Å². The molecule has 0 aliphatic heterocycles. The molecule has 0 saturated carbocycles. The molecule has 0 spiro atoms. The highest BCUT2D eigenvalue weighted by molar-refractivity contribution is 5.96. The fourth-order valence-electron chi connectivity index (χ4n) is 1.86. The van der Waals surface area contributed by atoms with Crippen LogP contribution in [0.2, 0.25) is 0 Å². The molecule has 2 aromatic rings. The molecule has 0 atom stereocenters. The van der Waals surface area contributed by atoms with Crippen LogP contribution >= 0.6 is 0 Å². The second-order valence-electron chi connectivity index (χ2n) is 4.89. The van der Waals surface area contributed by atoms with Crippen LogP contribution in [0.1, 0.15) is 17.3 Å². The van der Waals surface area contributed by atoms with Gasteiger partial charge in [0, 0.05) is 16.7 Å². The first-order valence-electron chi connectivity index (χ1n) is 7.03. The largest absolute Gasteiger partial charge is 0.497 e. The number of hydrogen-bond acceptors (Lipinski definition) is 8. The molecule has 0 fully saturated rings. The normalized spacial score (nSPS) is 11.1. The maximum absolute atomic E-state index is 12.2. The van der Waals surface area contributed by atoms with E-state index in [4.69, 9.17) is 9.47 Å². The SMILES string of the molecule is COc1cc(OC)cc(C(=O)NN=C(C)Cn2cnc([N+](=O)[O-])n2)c1. The van der Waals surface area contributed by atoms with Crippen molar-refractivity contribution in [2.75, 3.05) is 14.2 Å². The number of nitrogens with zero attached hydrogens (tertiary/aromatic N) is 5. The van der Waals surface area contributed by atoms with Crippen molar-refractivity contribution in [3.05, 3.63) is 40.2 Å². The number of methoxy groups -OCH3 is 2. The number of hydrogen-bond donors (Lipinski definition) is 1. The first-order chi connectivity index (χ1) is 11.9. The van der Waals surface area contributed by atoms with E-state index < -0.39 is 16.8 Å². The van der Waals surface area contributed by atoms with Gasteiger partial charge in [0.15, 0.2) is 0 Å². The van der Waals surface area contributed by atoms with Gasteiger partial charge in [0.05, 0.1) is 26.5 Å². The van der Waals surface area contributed by atoms with E-state index in [0.717, 1.165) is 0 Å². The minimum atomic E-state index is -0.694. The van der Waals surface area contributed by atoms with Crippen molar-refractivity contribution in [3.63, 3.8) is 0 Å². The van der Waals surface area contributed by atoms with Crippen LogP contribution in [0.15, 0.2) is 29.6 Å². The van der Waals surface area contributed by atoms with Gasteiger partial charge in [-0.25, -0.2) is 5.43 Å². The van der Waals surface area contributed by atoms with E-state index in [-0.39, 0.29) is 6.54 Å². The Labute approximate surface area is 142 Å². The van der Waals surface area contributed by atoms with Gasteiger partial charge in [0.2, 0.25) is 6.33 Å². The number of ether oxygens (including phenoxy) is 2. The predicted octanol–water partition coefficient (Wildman–Crippen LogP) is 1.01. The lowest BCUT2D eigenvalue weighted by Gasteiger charge is -2.07. The molecule has 11 heteroatoms. The number of amides is 1. The van der Waals surface area contributed by atoms with Crippen molar-refractivity contribution >= 4 is 17.6 Å². The van der Waals surface area contributed by atoms with Crippen LogP contribution < -0.4 is 14.9 Å². The topological polar surface area (TPSA) is 134 Å². The molecule has 0 radical (unpaired) electrons. The molecule has 1 aromatic carbocycles. The Morgan fingerprint density at radius 1 is 1.32 bits per heavy atom. The highest BCUT2D eigenvalue weighted by Crippen LogP contribution is 2.22. The van der Waals surface area contributed by atoms with Gasteiger partial charge >= 0.3 is 5.95 Å². The Hall–Kier alpha value is -3.50. The predicted molar refractivity (Wildman–Crippen MR) is 86.8 cm³/mol. The average molecular weight is 348 g/mol. The van der Waals surface area contributed by atoms with Gasteiger partial charge in [-0.15, -0.1) is 0 Å². The Morgan fingerprint density at radius 2 is 1.96 bits per heavy atom. The van der Waals surface area contributed by atoms with E-state index >= 15 is 0 Å². The van der Waals surface area contributed by atoms with Crippen LogP contribution in [0.25, 0.3) is 0 Å². The third kappa shape index (κ3) is 4.73.